The molecule has 4 N–H and O–H groups in total. The van der Waals surface area contributed by atoms with Crippen molar-refractivity contribution in [2.75, 3.05) is 13.2 Å². The van der Waals surface area contributed by atoms with Gasteiger partial charge in [0.2, 0.25) is 0 Å². The minimum atomic E-state index is -0.453. The fraction of sp³-hybridized carbons (Fsp3) is 0.966. The fourth-order valence-corrected chi connectivity index (χ4v) is 9.76. The lowest BCUT2D eigenvalue weighted by Gasteiger charge is -2.64. The highest BCUT2D eigenvalue weighted by molar-refractivity contribution is 5.67. The first-order valence-corrected chi connectivity index (χ1v) is 14.5. The minimum absolute atomic E-state index is 0.0966. The van der Waals surface area contributed by atoms with Crippen LogP contribution >= 0.6 is 0 Å². The van der Waals surface area contributed by atoms with E-state index in [1.165, 1.54) is 25.7 Å². The molecule has 0 bridgehead atoms. The first kappa shape index (κ1) is 27.2. The first-order chi connectivity index (χ1) is 16.6. The van der Waals surface area contributed by atoms with Gasteiger partial charge in [0.05, 0.1) is 31.5 Å². The number of hydrogen-bond donors (Lipinski definition) is 4. The predicted octanol–water partition coefficient (Wildman–Crippen LogP) is 4.75. The molecule has 4 fully saturated rings. The van der Waals surface area contributed by atoms with Crippen molar-refractivity contribution in [3.05, 3.63) is 0 Å². The number of hydrogen-bond acceptors (Lipinski definition) is 5. The molecule has 4 rings (SSSR count). The summed E-state index contributed by atoms with van der Waals surface area (Å²) < 4.78 is 5.40. The van der Waals surface area contributed by atoms with Gasteiger partial charge in [0, 0.05) is 0 Å². The molecule has 0 saturated heterocycles. The standard InChI is InChI=1S/C29H51NO5/c1-6-20-24-15-19(32)9-12-29(24,5)23-10-13-28(4)21(7-8-22(28)25(23)26(20)33)17(2)11-14-35-27(34)30-18(3)16-31/h17-26,31-33H,6-16H2,1-5H3,(H,30,34)/t17-,18?,19-,20-,21-,22+,23+,24+,25+,26-,28-,29-/m1/s1. The lowest BCUT2D eigenvalue weighted by atomic mass is 9.41. The van der Waals surface area contributed by atoms with Crippen LogP contribution in [0, 0.1) is 52.3 Å². The summed E-state index contributed by atoms with van der Waals surface area (Å²) in [4.78, 5) is 11.9. The van der Waals surface area contributed by atoms with E-state index in [1.807, 2.05) is 0 Å². The summed E-state index contributed by atoms with van der Waals surface area (Å²) in [6.45, 7) is 11.6. The second-order valence-corrected chi connectivity index (χ2v) is 13.3. The van der Waals surface area contributed by atoms with Gasteiger partial charge in [-0.2, -0.15) is 0 Å². The Bertz CT molecular complexity index is 747. The highest BCUT2D eigenvalue weighted by atomic mass is 16.5. The maximum Gasteiger partial charge on any atom is 0.407 e. The van der Waals surface area contributed by atoms with Gasteiger partial charge in [-0.15, -0.1) is 0 Å². The van der Waals surface area contributed by atoms with Crippen LogP contribution in [0.3, 0.4) is 0 Å². The topological polar surface area (TPSA) is 99.0 Å². The number of aliphatic hydroxyl groups excluding tert-OH is 3. The van der Waals surface area contributed by atoms with E-state index in [1.54, 1.807) is 6.92 Å². The Balaban J connectivity index is 1.45. The monoisotopic (exact) mass is 493 g/mol. The normalized spacial score (nSPS) is 46.6. The van der Waals surface area contributed by atoms with Crippen LogP contribution < -0.4 is 5.32 Å². The molecule has 35 heavy (non-hydrogen) atoms. The molecule has 0 aromatic carbocycles. The smallest absolute Gasteiger partial charge is 0.407 e. The summed E-state index contributed by atoms with van der Waals surface area (Å²) in [5, 5.41) is 34.0. The van der Waals surface area contributed by atoms with Gasteiger partial charge in [-0.3, -0.25) is 0 Å². The molecule has 4 aliphatic carbocycles. The lowest BCUT2D eigenvalue weighted by Crippen LogP contribution is -2.62. The summed E-state index contributed by atoms with van der Waals surface area (Å²) in [7, 11) is 0. The van der Waals surface area contributed by atoms with Crippen LogP contribution in [0.5, 0.6) is 0 Å². The molecular weight excluding hydrogens is 442 g/mol. The van der Waals surface area contributed by atoms with Gasteiger partial charge < -0.3 is 25.4 Å². The van der Waals surface area contributed by atoms with E-state index in [0.717, 1.165) is 32.1 Å². The zero-order valence-electron chi connectivity index (χ0n) is 22.7. The number of carbonyl (C=O) groups is 1. The summed E-state index contributed by atoms with van der Waals surface area (Å²) in [5.74, 6) is 3.26. The maximum absolute atomic E-state index is 11.9. The summed E-state index contributed by atoms with van der Waals surface area (Å²) in [5.41, 5.74) is 0.465. The van der Waals surface area contributed by atoms with Gasteiger partial charge in [0.1, 0.15) is 0 Å². The van der Waals surface area contributed by atoms with Crippen molar-refractivity contribution >= 4 is 6.09 Å². The van der Waals surface area contributed by atoms with Gasteiger partial charge in [0.25, 0.3) is 0 Å². The Labute approximate surface area is 212 Å². The van der Waals surface area contributed by atoms with E-state index < -0.39 is 6.09 Å². The largest absolute Gasteiger partial charge is 0.450 e. The maximum atomic E-state index is 11.9. The quantitative estimate of drug-likeness (QED) is 0.410. The molecule has 202 valence electrons. The molecule has 4 aliphatic rings. The second-order valence-electron chi connectivity index (χ2n) is 13.3. The number of alkyl carbamates (subject to hydrolysis) is 1. The Kier molecular flexibility index (Phi) is 8.15. The molecule has 6 heteroatoms. The Morgan fingerprint density at radius 1 is 1.03 bits per heavy atom. The Morgan fingerprint density at radius 2 is 1.71 bits per heavy atom. The van der Waals surface area contributed by atoms with Crippen LogP contribution in [0.4, 0.5) is 4.79 Å². The number of nitrogens with one attached hydrogen (secondary N) is 1. The van der Waals surface area contributed by atoms with Crippen LogP contribution in [-0.2, 0) is 4.74 Å². The number of carbonyl (C=O) groups excluding carboxylic acids is 1. The molecule has 0 heterocycles. The third kappa shape index (κ3) is 4.77. The molecule has 0 spiro atoms. The number of fused-ring (bicyclic) bond motifs is 5. The van der Waals surface area contributed by atoms with Crippen LogP contribution in [-0.4, -0.2) is 52.9 Å². The fourth-order valence-electron chi connectivity index (χ4n) is 9.76. The van der Waals surface area contributed by atoms with Crippen molar-refractivity contribution in [2.24, 2.45) is 52.3 Å². The van der Waals surface area contributed by atoms with Crippen LogP contribution in [0.25, 0.3) is 0 Å². The highest BCUT2D eigenvalue weighted by Gasteiger charge is 2.64. The van der Waals surface area contributed by atoms with Crippen molar-refractivity contribution < 1.29 is 24.9 Å². The molecule has 0 radical (unpaired) electrons. The first-order valence-electron chi connectivity index (χ1n) is 14.5. The van der Waals surface area contributed by atoms with E-state index in [4.69, 9.17) is 9.84 Å². The Hall–Kier alpha value is -0.850. The zero-order chi connectivity index (χ0) is 25.5. The molecule has 1 unspecified atom stereocenters. The van der Waals surface area contributed by atoms with Crippen molar-refractivity contribution in [2.45, 2.75) is 111 Å². The van der Waals surface area contributed by atoms with Gasteiger partial charge in [-0.1, -0.05) is 34.1 Å². The SMILES string of the molecule is CC[C@H]1[C@@H](O)[C@@H]2[C@H](CC[C@]3(C)[C@@H]([C@H](C)CCOC(=O)NC(C)CO)CC[C@@H]23)[C@@]2(C)CC[C@@H](O)C[C@@H]12. The van der Waals surface area contributed by atoms with Crippen LogP contribution in [0.15, 0.2) is 0 Å². The molecule has 4 saturated carbocycles. The average molecular weight is 494 g/mol. The summed E-state index contributed by atoms with van der Waals surface area (Å²) in [6.07, 6.45) is 8.60. The second kappa shape index (κ2) is 10.5. The molecule has 12 atom stereocenters. The van der Waals surface area contributed by atoms with E-state index in [0.29, 0.717) is 48.0 Å². The minimum Gasteiger partial charge on any atom is -0.450 e. The molecule has 0 aliphatic heterocycles. The van der Waals surface area contributed by atoms with Crippen molar-refractivity contribution in [3.8, 4) is 0 Å². The van der Waals surface area contributed by atoms with Gasteiger partial charge in [-0.05, 0) is 111 Å². The zero-order valence-corrected chi connectivity index (χ0v) is 22.7. The molecule has 1 amide bonds. The van der Waals surface area contributed by atoms with Gasteiger partial charge >= 0.3 is 6.09 Å². The Morgan fingerprint density at radius 3 is 2.40 bits per heavy atom. The third-order valence-electron chi connectivity index (χ3n) is 11.6. The van der Waals surface area contributed by atoms with Crippen molar-refractivity contribution in [1.29, 1.82) is 0 Å². The average Bonchev–Trinajstić information content (AvgIpc) is 3.17. The van der Waals surface area contributed by atoms with Gasteiger partial charge in [-0.25, -0.2) is 4.79 Å². The molecule has 0 aromatic rings. The van der Waals surface area contributed by atoms with Crippen LogP contribution in [0.2, 0.25) is 0 Å². The molecule has 0 aromatic heterocycles. The number of ether oxygens (including phenoxy) is 1. The van der Waals surface area contributed by atoms with E-state index in [9.17, 15) is 15.0 Å². The molecular formula is C29H51NO5. The van der Waals surface area contributed by atoms with E-state index >= 15 is 0 Å². The van der Waals surface area contributed by atoms with E-state index in [2.05, 4.69) is 33.0 Å². The number of rotatable bonds is 7. The number of amides is 1. The molecule has 6 nitrogen and oxygen atoms in total. The number of aliphatic hydroxyl groups is 3. The van der Waals surface area contributed by atoms with E-state index in [-0.39, 0.29) is 35.7 Å². The predicted molar refractivity (Wildman–Crippen MR) is 137 cm³/mol. The van der Waals surface area contributed by atoms with Crippen molar-refractivity contribution in [3.63, 3.8) is 0 Å². The highest BCUT2D eigenvalue weighted by Crippen LogP contribution is 2.69. The summed E-state index contributed by atoms with van der Waals surface area (Å²) in [6, 6.07) is -0.299. The van der Waals surface area contributed by atoms with Crippen molar-refractivity contribution in [1.82, 2.24) is 5.32 Å². The summed E-state index contributed by atoms with van der Waals surface area (Å²) >= 11 is 0. The third-order valence-corrected chi connectivity index (χ3v) is 11.6. The van der Waals surface area contributed by atoms with Crippen LogP contribution in [0.1, 0.15) is 92.4 Å². The van der Waals surface area contributed by atoms with Gasteiger partial charge in [0.15, 0.2) is 0 Å². The lowest BCUT2D eigenvalue weighted by molar-refractivity contribution is -0.203.